The molecule has 2 aliphatic rings. The van der Waals surface area contributed by atoms with Crippen LogP contribution in [-0.4, -0.2) is 5.78 Å². The topological polar surface area (TPSA) is 17.1 Å². The number of carbonyl (C=O) groups excluding carboxylic acids is 1. The normalized spacial score (nSPS) is 16.1. The van der Waals surface area contributed by atoms with Crippen molar-refractivity contribution in [1.29, 1.82) is 0 Å². The van der Waals surface area contributed by atoms with Crippen molar-refractivity contribution in [3.63, 3.8) is 0 Å². The number of ketones is 1. The minimum atomic E-state index is -0.267. The molecule has 0 radical (unpaired) electrons. The van der Waals surface area contributed by atoms with Crippen LogP contribution in [0.3, 0.4) is 0 Å². The molecule has 0 aromatic carbocycles. The van der Waals surface area contributed by atoms with Crippen LogP contribution in [0.25, 0.3) is 0 Å². The summed E-state index contributed by atoms with van der Waals surface area (Å²) >= 11 is 0. The van der Waals surface area contributed by atoms with Gasteiger partial charge in [0.05, 0.1) is 5.78 Å². The SMILES string of the molecule is CC(C)(C)C(=O)C1=[C-]CC=C1.[C-]1=CC=CC1.[Ru+2]. The second kappa shape index (κ2) is 7.55. The Kier molecular flexibility index (Phi) is 7.22. The molecule has 1 nitrogen and oxygen atoms in total. The Morgan fingerprint density at radius 2 is 1.94 bits per heavy atom. The fourth-order valence-corrected chi connectivity index (χ4v) is 1.30. The van der Waals surface area contributed by atoms with E-state index in [-0.39, 0.29) is 30.7 Å². The second-order valence-electron chi connectivity index (χ2n) is 4.78. The second-order valence-corrected chi connectivity index (χ2v) is 4.78. The third-order valence-corrected chi connectivity index (χ3v) is 2.21. The molecule has 0 aromatic rings. The van der Waals surface area contributed by atoms with Gasteiger partial charge in [-0.1, -0.05) is 27.2 Å². The van der Waals surface area contributed by atoms with Crippen molar-refractivity contribution in [1.82, 2.24) is 0 Å². The molecule has 0 unspecified atom stereocenters. The monoisotopic (exact) mass is 316 g/mol. The summed E-state index contributed by atoms with van der Waals surface area (Å²) in [4.78, 5) is 11.5. The molecular weight excluding hydrogens is 297 g/mol. The van der Waals surface area contributed by atoms with E-state index >= 15 is 0 Å². The predicted molar refractivity (Wildman–Crippen MR) is 66.5 cm³/mol. The van der Waals surface area contributed by atoms with E-state index in [1.54, 1.807) is 0 Å². The van der Waals surface area contributed by atoms with Crippen molar-refractivity contribution in [2.75, 3.05) is 0 Å². The van der Waals surface area contributed by atoms with Crippen molar-refractivity contribution in [2.45, 2.75) is 33.6 Å². The first-order valence-electron chi connectivity index (χ1n) is 5.56. The smallest absolute Gasteiger partial charge is 0.370 e. The van der Waals surface area contributed by atoms with Crippen molar-refractivity contribution in [3.8, 4) is 0 Å². The van der Waals surface area contributed by atoms with E-state index in [1.165, 1.54) is 0 Å². The van der Waals surface area contributed by atoms with Gasteiger partial charge >= 0.3 is 19.5 Å². The molecule has 0 saturated heterocycles. The van der Waals surface area contributed by atoms with Gasteiger partial charge in [0, 0.05) is 0 Å². The number of carbonyl (C=O) groups is 1. The van der Waals surface area contributed by atoms with Gasteiger partial charge < -0.3 is 4.79 Å². The molecule has 0 saturated carbocycles. The molecule has 2 aliphatic carbocycles. The maximum Gasteiger partial charge on any atom is 2.00 e. The van der Waals surface area contributed by atoms with Gasteiger partial charge in [0.1, 0.15) is 0 Å². The van der Waals surface area contributed by atoms with Crippen LogP contribution < -0.4 is 0 Å². The average molecular weight is 315 g/mol. The van der Waals surface area contributed by atoms with Crippen molar-refractivity contribution in [3.05, 3.63) is 48.1 Å². The van der Waals surface area contributed by atoms with Crippen LogP contribution in [0.4, 0.5) is 0 Å². The summed E-state index contributed by atoms with van der Waals surface area (Å²) in [6, 6.07) is 0. The molecule has 17 heavy (non-hydrogen) atoms. The summed E-state index contributed by atoms with van der Waals surface area (Å²) in [5.74, 6) is 0.186. The van der Waals surface area contributed by atoms with Gasteiger partial charge in [-0.2, -0.15) is 23.8 Å². The van der Waals surface area contributed by atoms with E-state index in [0.717, 1.165) is 18.4 Å². The molecule has 0 heterocycles. The van der Waals surface area contributed by atoms with E-state index in [9.17, 15) is 4.79 Å². The number of allylic oxidation sites excluding steroid dienone is 8. The summed E-state index contributed by atoms with van der Waals surface area (Å²) in [5.41, 5.74) is 0.481. The summed E-state index contributed by atoms with van der Waals surface area (Å²) in [7, 11) is 0. The first kappa shape index (κ1) is 16.3. The minimum Gasteiger partial charge on any atom is -0.370 e. The first-order valence-corrected chi connectivity index (χ1v) is 5.56. The first-order chi connectivity index (χ1) is 7.52. The molecule has 2 heteroatoms. The van der Waals surface area contributed by atoms with Crippen molar-refractivity contribution in [2.24, 2.45) is 5.41 Å². The zero-order valence-corrected chi connectivity index (χ0v) is 12.3. The molecular formula is C15H18ORu. The summed E-state index contributed by atoms with van der Waals surface area (Å²) in [5, 5.41) is 0. The number of hydrogen-bond acceptors (Lipinski definition) is 1. The van der Waals surface area contributed by atoms with Crippen LogP contribution >= 0.6 is 0 Å². The maximum absolute atomic E-state index is 11.5. The molecule has 0 spiro atoms. The summed E-state index contributed by atoms with van der Waals surface area (Å²) in [6.45, 7) is 5.78. The molecule has 0 bridgehead atoms. The Morgan fingerprint density at radius 1 is 1.24 bits per heavy atom. The van der Waals surface area contributed by atoms with Crippen LogP contribution in [0.2, 0.25) is 0 Å². The van der Waals surface area contributed by atoms with Gasteiger partial charge in [0.2, 0.25) is 0 Å². The zero-order chi connectivity index (χ0) is 12.0. The van der Waals surface area contributed by atoms with E-state index < -0.39 is 0 Å². The molecule has 0 atom stereocenters. The Labute approximate surface area is 117 Å². The summed E-state index contributed by atoms with van der Waals surface area (Å²) < 4.78 is 0. The van der Waals surface area contributed by atoms with E-state index in [0.29, 0.717) is 0 Å². The fraction of sp³-hybridized carbons (Fsp3) is 0.400. The van der Waals surface area contributed by atoms with E-state index in [2.05, 4.69) is 18.2 Å². The molecule has 2 rings (SSSR count). The number of Topliss-reactive ketones (excluding diaryl/α,β-unsaturated/α-hetero) is 1. The third-order valence-electron chi connectivity index (χ3n) is 2.21. The predicted octanol–water partition coefficient (Wildman–Crippen LogP) is 3.59. The molecule has 0 aromatic heterocycles. The number of rotatable bonds is 1. The quantitative estimate of drug-likeness (QED) is 0.534. The van der Waals surface area contributed by atoms with Gasteiger partial charge in [-0.15, -0.1) is 12.5 Å². The fourth-order valence-electron chi connectivity index (χ4n) is 1.30. The molecule has 0 aliphatic heterocycles. The Bertz CT molecular complexity index is 355. The molecule has 0 amide bonds. The third kappa shape index (κ3) is 5.93. The van der Waals surface area contributed by atoms with Gasteiger partial charge in [-0.05, 0) is 5.41 Å². The summed E-state index contributed by atoms with van der Waals surface area (Å²) in [6.07, 6.45) is 17.6. The zero-order valence-electron chi connectivity index (χ0n) is 10.6. The van der Waals surface area contributed by atoms with Gasteiger partial charge in [-0.25, -0.2) is 12.2 Å². The average Bonchev–Trinajstić information content (AvgIpc) is 2.91. The maximum atomic E-state index is 11.5. The number of hydrogen-bond donors (Lipinski definition) is 0. The molecule has 0 N–H and O–H groups in total. The van der Waals surface area contributed by atoms with E-state index in [1.807, 2.05) is 45.1 Å². The van der Waals surface area contributed by atoms with Crippen LogP contribution in [0.15, 0.2) is 36.0 Å². The largest absolute Gasteiger partial charge is 2.00 e. The Morgan fingerprint density at radius 3 is 2.24 bits per heavy atom. The Balaban J connectivity index is 0.000000360. The van der Waals surface area contributed by atoms with Crippen molar-refractivity contribution >= 4 is 5.78 Å². The molecule has 92 valence electrons. The van der Waals surface area contributed by atoms with Gasteiger partial charge in [-0.3, -0.25) is 6.08 Å². The van der Waals surface area contributed by atoms with Gasteiger partial charge in [0.15, 0.2) is 0 Å². The Hall–Kier alpha value is -0.747. The van der Waals surface area contributed by atoms with E-state index in [4.69, 9.17) is 0 Å². The standard InChI is InChI=1S/C10H13O.C5H5.Ru/c1-10(2,3)9(11)8-6-4-5-7-8;1-2-4-5-3-1;/h4,6H,5H2,1-3H3;1-3H,4H2;/q2*-1;+2. The van der Waals surface area contributed by atoms with Crippen LogP contribution in [0, 0.1) is 17.6 Å². The minimum absolute atomic E-state index is 0. The van der Waals surface area contributed by atoms with Crippen LogP contribution in [0.1, 0.15) is 33.6 Å². The van der Waals surface area contributed by atoms with Gasteiger partial charge in [0.25, 0.3) is 0 Å². The molecule has 0 fully saturated rings. The van der Waals surface area contributed by atoms with Crippen LogP contribution in [-0.2, 0) is 24.3 Å². The van der Waals surface area contributed by atoms with Crippen molar-refractivity contribution < 1.29 is 24.3 Å². The van der Waals surface area contributed by atoms with Crippen LogP contribution in [0.5, 0.6) is 0 Å².